The van der Waals surface area contributed by atoms with E-state index < -0.39 is 0 Å². The van der Waals surface area contributed by atoms with Crippen LogP contribution in [0.3, 0.4) is 0 Å². The van der Waals surface area contributed by atoms with Crippen molar-refractivity contribution < 1.29 is 27.3 Å². The molecule has 0 aromatic heterocycles. The molecule has 0 bridgehead atoms. The third kappa shape index (κ3) is 1.11. The maximum absolute atomic E-state index is 10.6. The minimum Gasteiger partial charge on any atom is -1.00 e. The quantitative estimate of drug-likeness (QED) is 0.367. The summed E-state index contributed by atoms with van der Waals surface area (Å²) in [5.41, 5.74) is 0. The van der Waals surface area contributed by atoms with Gasteiger partial charge in [0.05, 0.1) is 6.54 Å². The Kier molecular flexibility index (Phi) is 2.16. The van der Waals surface area contributed by atoms with Gasteiger partial charge in [0.25, 0.3) is 0 Å². The van der Waals surface area contributed by atoms with Gasteiger partial charge in [-0.2, -0.15) is 0 Å². The van der Waals surface area contributed by atoms with Gasteiger partial charge in [0, 0.05) is 6.42 Å². The zero-order valence-corrected chi connectivity index (χ0v) is 6.30. The SMILES string of the molecule is O=C1C[C@@H]2[NH2+]CC[C@@H]2O1.[Cl-]. The number of quaternary nitrogens is 1. The van der Waals surface area contributed by atoms with Crippen molar-refractivity contribution in [2.24, 2.45) is 0 Å². The molecule has 4 heteroatoms. The lowest BCUT2D eigenvalue weighted by Crippen LogP contribution is -3.00. The van der Waals surface area contributed by atoms with Crippen LogP contribution in [0.2, 0.25) is 0 Å². The van der Waals surface area contributed by atoms with Crippen molar-refractivity contribution >= 4 is 5.97 Å². The van der Waals surface area contributed by atoms with Gasteiger partial charge in [0.2, 0.25) is 0 Å². The fourth-order valence-electron chi connectivity index (χ4n) is 1.61. The maximum atomic E-state index is 10.6. The highest BCUT2D eigenvalue weighted by molar-refractivity contribution is 5.72. The molecule has 0 saturated carbocycles. The highest BCUT2D eigenvalue weighted by atomic mass is 35.5. The van der Waals surface area contributed by atoms with Crippen molar-refractivity contribution in [3.8, 4) is 0 Å². The highest BCUT2D eigenvalue weighted by Crippen LogP contribution is 2.17. The van der Waals surface area contributed by atoms with E-state index in [0.717, 1.165) is 13.0 Å². The number of carbonyl (C=O) groups excluding carboxylic acids is 1. The monoisotopic (exact) mass is 163 g/mol. The van der Waals surface area contributed by atoms with Crippen LogP contribution < -0.4 is 17.7 Å². The molecular weight excluding hydrogens is 154 g/mol. The van der Waals surface area contributed by atoms with E-state index in [1.165, 1.54) is 0 Å². The molecule has 10 heavy (non-hydrogen) atoms. The van der Waals surface area contributed by atoms with Crippen LogP contribution in [0.1, 0.15) is 12.8 Å². The van der Waals surface area contributed by atoms with E-state index in [1.54, 1.807) is 0 Å². The first kappa shape index (κ1) is 7.82. The summed E-state index contributed by atoms with van der Waals surface area (Å²) in [5, 5.41) is 2.20. The Morgan fingerprint density at radius 1 is 1.60 bits per heavy atom. The van der Waals surface area contributed by atoms with Crippen LogP contribution in [0.5, 0.6) is 0 Å². The molecule has 2 aliphatic rings. The molecule has 0 spiro atoms. The number of hydrogen-bond acceptors (Lipinski definition) is 2. The Morgan fingerprint density at radius 3 is 3.10 bits per heavy atom. The molecule has 58 valence electrons. The number of rotatable bonds is 0. The number of carbonyl (C=O) groups is 1. The normalized spacial score (nSPS) is 36.6. The van der Waals surface area contributed by atoms with Gasteiger partial charge in [-0.25, -0.2) is 0 Å². The van der Waals surface area contributed by atoms with Crippen LogP contribution in [0, 0.1) is 0 Å². The molecular formula is C6H10ClNO2. The molecule has 2 atom stereocenters. The predicted molar refractivity (Wildman–Crippen MR) is 29.7 cm³/mol. The molecule has 2 N–H and O–H groups in total. The van der Waals surface area contributed by atoms with Crippen LogP contribution >= 0.6 is 0 Å². The average Bonchev–Trinajstić information content (AvgIpc) is 2.22. The number of hydrogen-bond donors (Lipinski definition) is 1. The van der Waals surface area contributed by atoms with Gasteiger partial charge < -0.3 is 22.5 Å². The van der Waals surface area contributed by atoms with E-state index in [1.807, 2.05) is 0 Å². The van der Waals surface area contributed by atoms with Gasteiger partial charge in [0.1, 0.15) is 12.5 Å². The number of nitrogens with two attached hydrogens (primary N) is 1. The lowest BCUT2D eigenvalue weighted by molar-refractivity contribution is -0.669. The van der Waals surface area contributed by atoms with Crippen LogP contribution in [0.25, 0.3) is 0 Å². The Hall–Kier alpha value is -0.280. The zero-order valence-electron chi connectivity index (χ0n) is 5.55. The second-order valence-corrected chi connectivity index (χ2v) is 2.71. The Labute approximate surface area is 65.5 Å². The lowest BCUT2D eigenvalue weighted by Gasteiger charge is -1.99. The summed E-state index contributed by atoms with van der Waals surface area (Å²) in [6, 6.07) is 0.456. The molecule has 2 rings (SSSR count). The van der Waals surface area contributed by atoms with Gasteiger partial charge in [-0.1, -0.05) is 0 Å². The minimum atomic E-state index is -0.0130. The van der Waals surface area contributed by atoms with Gasteiger partial charge >= 0.3 is 5.97 Å². The van der Waals surface area contributed by atoms with E-state index in [-0.39, 0.29) is 24.5 Å². The molecule has 0 unspecified atom stereocenters. The third-order valence-corrected chi connectivity index (χ3v) is 2.08. The molecule has 3 nitrogen and oxygen atoms in total. The van der Waals surface area contributed by atoms with E-state index in [4.69, 9.17) is 4.74 Å². The number of fused-ring (bicyclic) bond motifs is 1. The molecule has 2 aliphatic heterocycles. The smallest absolute Gasteiger partial charge is 0.312 e. The lowest BCUT2D eigenvalue weighted by atomic mass is 10.2. The first-order valence-electron chi connectivity index (χ1n) is 3.39. The third-order valence-electron chi connectivity index (χ3n) is 2.08. The summed E-state index contributed by atoms with van der Waals surface area (Å²) >= 11 is 0. The second kappa shape index (κ2) is 2.76. The van der Waals surface area contributed by atoms with E-state index in [0.29, 0.717) is 12.5 Å². The van der Waals surface area contributed by atoms with Gasteiger partial charge in [-0.05, 0) is 0 Å². The molecule has 0 amide bonds. The Morgan fingerprint density at radius 2 is 2.40 bits per heavy atom. The maximum Gasteiger partial charge on any atom is 0.312 e. The van der Waals surface area contributed by atoms with Crippen LogP contribution in [0.15, 0.2) is 0 Å². The average molecular weight is 164 g/mol. The van der Waals surface area contributed by atoms with Crippen molar-refractivity contribution in [2.75, 3.05) is 6.54 Å². The van der Waals surface area contributed by atoms with Crippen molar-refractivity contribution in [3.63, 3.8) is 0 Å². The minimum absolute atomic E-state index is 0. The standard InChI is InChI=1S/C6H9NO2.ClH/c8-6-3-4-5(9-6)1-2-7-4;/h4-5,7H,1-3H2;1H/t4-,5-;/m0./s1. The molecule has 0 aromatic carbocycles. The summed E-state index contributed by atoms with van der Waals surface area (Å²) in [7, 11) is 0. The molecule has 0 radical (unpaired) electrons. The predicted octanol–water partition coefficient (Wildman–Crippen LogP) is -4.36. The molecule has 0 aliphatic carbocycles. The van der Waals surface area contributed by atoms with E-state index in [9.17, 15) is 4.79 Å². The molecule has 2 saturated heterocycles. The topological polar surface area (TPSA) is 42.9 Å². The summed E-state index contributed by atoms with van der Waals surface area (Å²) in [5.74, 6) is -0.0130. The van der Waals surface area contributed by atoms with Crippen molar-refractivity contribution in [3.05, 3.63) is 0 Å². The molecule has 2 heterocycles. The first-order chi connectivity index (χ1) is 4.36. The van der Waals surface area contributed by atoms with Crippen LogP contribution in [0.4, 0.5) is 0 Å². The Balaban J connectivity index is 0.000000500. The molecule has 0 aromatic rings. The van der Waals surface area contributed by atoms with Crippen molar-refractivity contribution in [1.82, 2.24) is 0 Å². The van der Waals surface area contributed by atoms with E-state index in [2.05, 4.69) is 5.32 Å². The van der Waals surface area contributed by atoms with Gasteiger partial charge in [-0.3, -0.25) is 4.79 Å². The largest absolute Gasteiger partial charge is 1.00 e. The number of halogens is 1. The van der Waals surface area contributed by atoms with Gasteiger partial charge in [0.15, 0.2) is 6.10 Å². The van der Waals surface area contributed by atoms with Gasteiger partial charge in [-0.15, -0.1) is 0 Å². The Bertz CT molecular complexity index is 137. The van der Waals surface area contributed by atoms with Crippen molar-refractivity contribution in [1.29, 1.82) is 0 Å². The highest BCUT2D eigenvalue weighted by Gasteiger charge is 2.41. The van der Waals surface area contributed by atoms with Crippen molar-refractivity contribution in [2.45, 2.75) is 25.0 Å². The molecule has 2 fully saturated rings. The zero-order chi connectivity index (χ0) is 6.27. The number of esters is 1. The van der Waals surface area contributed by atoms with E-state index >= 15 is 0 Å². The van der Waals surface area contributed by atoms with Crippen LogP contribution in [-0.2, 0) is 9.53 Å². The summed E-state index contributed by atoms with van der Waals surface area (Å²) in [6.07, 6.45) is 1.93. The summed E-state index contributed by atoms with van der Waals surface area (Å²) in [4.78, 5) is 10.6. The fourth-order valence-corrected chi connectivity index (χ4v) is 1.61. The second-order valence-electron chi connectivity index (χ2n) is 2.71. The summed E-state index contributed by atoms with van der Waals surface area (Å²) < 4.78 is 5.02. The number of ether oxygens (including phenoxy) is 1. The summed E-state index contributed by atoms with van der Waals surface area (Å²) in [6.45, 7) is 1.13. The van der Waals surface area contributed by atoms with Crippen LogP contribution in [-0.4, -0.2) is 24.7 Å². The first-order valence-corrected chi connectivity index (χ1v) is 3.39. The fraction of sp³-hybridized carbons (Fsp3) is 0.833.